The third-order valence-electron chi connectivity index (χ3n) is 3.63. The summed E-state index contributed by atoms with van der Waals surface area (Å²) in [6.07, 6.45) is 0.453. The van der Waals surface area contributed by atoms with Crippen molar-refractivity contribution >= 4 is 5.91 Å². The fourth-order valence-corrected chi connectivity index (χ4v) is 2.31. The van der Waals surface area contributed by atoms with E-state index in [2.05, 4.69) is 5.32 Å². The molecule has 27 heavy (non-hydrogen) atoms. The van der Waals surface area contributed by atoms with E-state index in [-0.39, 0.29) is 24.8 Å². The Morgan fingerprint density at radius 3 is 2.56 bits per heavy atom. The van der Waals surface area contributed by atoms with Crippen LogP contribution in [0.25, 0.3) is 0 Å². The Hall–Kier alpha value is -3.27. The van der Waals surface area contributed by atoms with Crippen molar-refractivity contribution in [1.29, 1.82) is 5.26 Å². The number of nitriles is 1. The number of carbonyl (C=O) groups is 1. The first-order chi connectivity index (χ1) is 13.1. The maximum absolute atomic E-state index is 12.9. The highest BCUT2D eigenvalue weighted by Crippen LogP contribution is 2.28. The predicted octanol–water partition coefficient (Wildman–Crippen LogP) is 2.86. The Kier molecular flexibility index (Phi) is 7.92. The normalized spacial score (nSPS) is 9.96. The number of halogens is 1. The Labute approximate surface area is 157 Å². The van der Waals surface area contributed by atoms with Crippen LogP contribution in [-0.4, -0.2) is 32.8 Å². The average molecular weight is 372 g/mol. The molecule has 0 aliphatic heterocycles. The zero-order valence-corrected chi connectivity index (χ0v) is 15.0. The van der Waals surface area contributed by atoms with E-state index >= 15 is 0 Å². The molecule has 0 atom stereocenters. The standard InChI is InChI=1S/C20H21FN2O4/c1-25-18-7-2-15(9-11-23-20(24)8-10-22)14-19(18)27-13-12-26-17-5-3-16(21)4-6-17/h2-7,14H,8-9,11-13H2,1H3,(H,23,24). The van der Waals surface area contributed by atoms with Gasteiger partial charge >= 0.3 is 0 Å². The van der Waals surface area contributed by atoms with Gasteiger partial charge < -0.3 is 19.5 Å². The number of hydrogen-bond donors (Lipinski definition) is 1. The molecule has 0 aliphatic rings. The molecule has 0 heterocycles. The Morgan fingerprint density at radius 2 is 1.85 bits per heavy atom. The summed E-state index contributed by atoms with van der Waals surface area (Å²) in [5.41, 5.74) is 0.961. The molecule has 1 amide bonds. The predicted molar refractivity (Wildman–Crippen MR) is 97.3 cm³/mol. The minimum absolute atomic E-state index is 0.148. The molecule has 0 saturated carbocycles. The van der Waals surface area contributed by atoms with Crippen molar-refractivity contribution in [2.24, 2.45) is 0 Å². The zero-order chi connectivity index (χ0) is 19.5. The topological polar surface area (TPSA) is 80.6 Å². The number of rotatable bonds is 10. The van der Waals surface area contributed by atoms with Crippen LogP contribution in [0, 0.1) is 17.1 Å². The van der Waals surface area contributed by atoms with Crippen LogP contribution in [0.1, 0.15) is 12.0 Å². The molecule has 2 rings (SSSR count). The van der Waals surface area contributed by atoms with E-state index in [4.69, 9.17) is 19.5 Å². The van der Waals surface area contributed by atoms with Gasteiger partial charge in [0.2, 0.25) is 5.91 Å². The first kappa shape index (κ1) is 20.0. The molecule has 1 N–H and O–H groups in total. The number of carbonyl (C=O) groups excluding carboxylic acids is 1. The maximum Gasteiger partial charge on any atom is 0.234 e. The van der Waals surface area contributed by atoms with Crippen LogP contribution in [0.2, 0.25) is 0 Å². The summed E-state index contributed by atoms with van der Waals surface area (Å²) < 4.78 is 29.4. The minimum Gasteiger partial charge on any atom is -0.493 e. The van der Waals surface area contributed by atoms with Gasteiger partial charge in [0.05, 0.1) is 13.2 Å². The van der Waals surface area contributed by atoms with Gasteiger partial charge in [0.15, 0.2) is 11.5 Å². The monoisotopic (exact) mass is 372 g/mol. The number of hydrogen-bond acceptors (Lipinski definition) is 5. The first-order valence-electron chi connectivity index (χ1n) is 8.44. The van der Waals surface area contributed by atoms with Crippen molar-refractivity contribution in [1.82, 2.24) is 5.32 Å². The third kappa shape index (κ3) is 6.86. The molecule has 0 fully saturated rings. The molecular weight excluding hydrogens is 351 g/mol. The lowest BCUT2D eigenvalue weighted by atomic mass is 10.1. The van der Waals surface area contributed by atoms with Gasteiger partial charge in [0.1, 0.15) is 31.2 Å². The highest BCUT2D eigenvalue weighted by molar-refractivity contribution is 5.77. The molecule has 0 radical (unpaired) electrons. The summed E-state index contributed by atoms with van der Waals surface area (Å²) in [5, 5.41) is 11.1. The molecular formula is C20H21FN2O4. The summed E-state index contributed by atoms with van der Waals surface area (Å²) in [7, 11) is 1.55. The molecule has 0 aromatic heterocycles. The van der Waals surface area contributed by atoms with Crippen LogP contribution < -0.4 is 19.5 Å². The molecule has 7 heteroatoms. The van der Waals surface area contributed by atoms with Gasteiger partial charge in [-0.25, -0.2) is 4.39 Å². The van der Waals surface area contributed by atoms with Gasteiger partial charge in [-0.05, 0) is 48.4 Å². The lowest BCUT2D eigenvalue weighted by Crippen LogP contribution is -2.24. The smallest absolute Gasteiger partial charge is 0.234 e. The molecule has 2 aromatic rings. The average Bonchev–Trinajstić information content (AvgIpc) is 2.67. The third-order valence-corrected chi connectivity index (χ3v) is 3.63. The molecule has 0 unspecified atom stereocenters. The van der Waals surface area contributed by atoms with Crippen molar-refractivity contribution in [3.05, 3.63) is 53.8 Å². The summed E-state index contributed by atoms with van der Waals surface area (Å²) >= 11 is 0. The van der Waals surface area contributed by atoms with Gasteiger partial charge in [-0.15, -0.1) is 0 Å². The summed E-state index contributed by atoms with van der Waals surface area (Å²) in [6, 6.07) is 13.1. The van der Waals surface area contributed by atoms with Crippen LogP contribution in [0.5, 0.6) is 17.2 Å². The van der Waals surface area contributed by atoms with Crippen molar-refractivity contribution in [3.63, 3.8) is 0 Å². The molecule has 0 saturated heterocycles. The fourth-order valence-electron chi connectivity index (χ4n) is 2.31. The number of benzene rings is 2. The van der Waals surface area contributed by atoms with Crippen LogP contribution in [0.15, 0.2) is 42.5 Å². The zero-order valence-electron chi connectivity index (χ0n) is 15.0. The molecule has 2 aromatic carbocycles. The van der Waals surface area contributed by atoms with Gasteiger partial charge in [-0.1, -0.05) is 6.07 Å². The van der Waals surface area contributed by atoms with E-state index < -0.39 is 0 Å². The number of methoxy groups -OCH3 is 1. The number of ether oxygens (including phenoxy) is 3. The summed E-state index contributed by atoms with van der Waals surface area (Å²) in [5.74, 6) is 1.12. The summed E-state index contributed by atoms with van der Waals surface area (Å²) in [4.78, 5) is 11.3. The molecule has 142 valence electrons. The maximum atomic E-state index is 12.9. The lowest BCUT2D eigenvalue weighted by Gasteiger charge is -2.13. The van der Waals surface area contributed by atoms with Crippen LogP contribution in [-0.2, 0) is 11.2 Å². The van der Waals surface area contributed by atoms with Crippen molar-refractivity contribution < 1.29 is 23.4 Å². The number of nitrogens with zero attached hydrogens (tertiary/aromatic N) is 1. The Balaban J connectivity index is 1.84. The molecule has 0 bridgehead atoms. The lowest BCUT2D eigenvalue weighted by molar-refractivity contribution is -0.120. The Morgan fingerprint density at radius 1 is 1.11 bits per heavy atom. The fraction of sp³-hybridized carbons (Fsp3) is 0.300. The van der Waals surface area contributed by atoms with E-state index in [0.29, 0.717) is 36.8 Å². The number of nitrogens with one attached hydrogen (secondary N) is 1. The first-order valence-corrected chi connectivity index (χ1v) is 8.44. The molecule has 0 aliphatic carbocycles. The Bertz CT molecular complexity index is 788. The minimum atomic E-state index is -0.316. The van der Waals surface area contributed by atoms with E-state index in [1.807, 2.05) is 12.1 Å². The van der Waals surface area contributed by atoms with Gasteiger partial charge in [0.25, 0.3) is 0 Å². The van der Waals surface area contributed by atoms with Gasteiger partial charge in [-0.3, -0.25) is 4.79 Å². The second-order valence-electron chi connectivity index (χ2n) is 5.57. The summed E-state index contributed by atoms with van der Waals surface area (Å²) in [6.45, 7) is 1.01. The SMILES string of the molecule is COc1ccc(CCNC(=O)CC#N)cc1OCCOc1ccc(F)cc1. The second-order valence-corrected chi connectivity index (χ2v) is 5.57. The van der Waals surface area contributed by atoms with Crippen molar-refractivity contribution in [2.45, 2.75) is 12.8 Å². The van der Waals surface area contributed by atoms with E-state index in [9.17, 15) is 9.18 Å². The molecule has 0 spiro atoms. The largest absolute Gasteiger partial charge is 0.493 e. The quantitative estimate of drug-likeness (QED) is 0.649. The van der Waals surface area contributed by atoms with Crippen LogP contribution in [0.4, 0.5) is 4.39 Å². The van der Waals surface area contributed by atoms with Gasteiger partial charge in [0, 0.05) is 6.54 Å². The van der Waals surface area contributed by atoms with Crippen LogP contribution >= 0.6 is 0 Å². The van der Waals surface area contributed by atoms with Crippen molar-refractivity contribution in [3.8, 4) is 23.3 Å². The van der Waals surface area contributed by atoms with E-state index in [1.54, 1.807) is 31.4 Å². The second kappa shape index (κ2) is 10.7. The van der Waals surface area contributed by atoms with E-state index in [0.717, 1.165) is 5.56 Å². The molecule has 6 nitrogen and oxygen atoms in total. The van der Waals surface area contributed by atoms with Crippen LogP contribution in [0.3, 0.4) is 0 Å². The van der Waals surface area contributed by atoms with Gasteiger partial charge in [-0.2, -0.15) is 5.26 Å². The number of amides is 1. The highest BCUT2D eigenvalue weighted by atomic mass is 19.1. The van der Waals surface area contributed by atoms with E-state index in [1.165, 1.54) is 12.1 Å². The highest BCUT2D eigenvalue weighted by Gasteiger charge is 2.07. The van der Waals surface area contributed by atoms with Crippen molar-refractivity contribution in [2.75, 3.05) is 26.9 Å².